The second-order valence-corrected chi connectivity index (χ2v) is 7.42. The Balaban J connectivity index is 1.47. The zero-order chi connectivity index (χ0) is 14.7. The first-order chi connectivity index (χ1) is 10.2. The molecule has 3 rings (SSSR count). The number of nitrogens with one attached hydrogen (secondary N) is 1. The maximum absolute atomic E-state index is 6.08. The number of hydrogen-bond donors (Lipinski definition) is 1. The third-order valence-corrected chi connectivity index (χ3v) is 5.13. The molecule has 2 aliphatic carbocycles. The van der Waals surface area contributed by atoms with Crippen molar-refractivity contribution >= 4 is 0 Å². The normalized spacial score (nSPS) is 27.5. The summed E-state index contributed by atoms with van der Waals surface area (Å²) < 4.78 is 6.08. The number of fused-ring (bicyclic) bond motifs is 2. The average Bonchev–Trinajstić information content (AvgIpc) is 3.08. The summed E-state index contributed by atoms with van der Waals surface area (Å²) >= 11 is 0. The van der Waals surface area contributed by atoms with Crippen molar-refractivity contribution in [1.29, 1.82) is 0 Å². The molecule has 0 aliphatic heterocycles. The maximum Gasteiger partial charge on any atom is 0.119 e. The fraction of sp³-hybridized carbons (Fsp3) is 0.684. The molecule has 0 radical (unpaired) electrons. The average molecular weight is 287 g/mol. The van der Waals surface area contributed by atoms with Crippen LogP contribution in [0.1, 0.15) is 45.1 Å². The Bertz CT molecular complexity index is 457. The topological polar surface area (TPSA) is 21.3 Å². The lowest BCUT2D eigenvalue weighted by atomic mass is 9.89. The van der Waals surface area contributed by atoms with Crippen molar-refractivity contribution in [1.82, 2.24) is 5.32 Å². The van der Waals surface area contributed by atoms with E-state index in [-0.39, 0.29) is 0 Å². The molecule has 116 valence electrons. The van der Waals surface area contributed by atoms with Gasteiger partial charge in [-0.25, -0.2) is 0 Å². The molecular formula is C19H29NO. The number of rotatable bonds is 7. The Morgan fingerprint density at radius 1 is 1.24 bits per heavy atom. The minimum absolute atomic E-state index is 0.697. The molecule has 3 atom stereocenters. The highest BCUT2D eigenvalue weighted by atomic mass is 16.5. The summed E-state index contributed by atoms with van der Waals surface area (Å²) in [6, 6.07) is 8.58. The van der Waals surface area contributed by atoms with Gasteiger partial charge in [0.2, 0.25) is 0 Å². The molecule has 0 amide bonds. The van der Waals surface area contributed by atoms with E-state index in [4.69, 9.17) is 4.74 Å². The standard InChI is InChI=1S/C19H29NO/c1-14(2)11-20-12-16-4-3-5-19(10-16)21-13-18-9-15-6-7-17(18)8-15/h3-5,10,14-15,17-18,20H,6-9,11-13H2,1-2H3. The predicted molar refractivity (Wildman–Crippen MR) is 87.4 cm³/mol. The van der Waals surface area contributed by atoms with Gasteiger partial charge in [0.25, 0.3) is 0 Å². The van der Waals surface area contributed by atoms with Crippen molar-refractivity contribution in [3.8, 4) is 5.75 Å². The summed E-state index contributed by atoms with van der Waals surface area (Å²) in [7, 11) is 0. The van der Waals surface area contributed by atoms with E-state index < -0.39 is 0 Å². The van der Waals surface area contributed by atoms with Crippen molar-refractivity contribution in [2.45, 2.75) is 46.1 Å². The molecule has 0 spiro atoms. The second-order valence-electron chi connectivity index (χ2n) is 7.42. The molecular weight excluding hydrogens is 258 g/mol. The van der Waals surface area contributed by atoms with E-state index in [2.05, 4.69) is 43.4 Å². The third kappa shape index (κ3) is 4.00. The molecule has 3 unspecified atom stereocenters. The molecule has 2 nitrogen and oxygen atoms in total. The zero-order valence-electron chi connectivity index (χ0n) is 13.5. The van der Waals surface area contributed by atoms with Crippen molar-refractivity contribution < 1.29 is 4.74 Å². The molecule has 1 aromatic carbocycles. The fourth-order valence-electron chi connectivity index (χ4n) is 4.03. The van der Waals surface area contributed by atoms with Crippen LogP contribution in [0.4, 0.5) is 0 Å². The molecule has 0 aromatic heterocycles. The highest BCUT2D eigenvalue weighted by molar-refractivity contribution is 5.28. The Morgan fingerprint density at radius 2 is 2.14 bits per heavy atom. The van der Waals surface area contributed by atoms with Crippen LogP contribution in [0.5, 0.6) is 5.75 Å². The lowest BCUT2D eigenvalue weighted by molar-refractivity contribution is 0.195. The SMILES string of the molecule is CC(C)CNCc1cccc(OCC2CC3CCC2C3)c1. The van der Waals surface area contributed by atoms with Crippen LogP contribution in [0, 0.1) is 23.7 Å². The molecule has 2 saturated carbocycles. The van der Waals surface area contributed by atoms with Gasteiger partial charge in [-0.15, -0.1) is 0 Å². The van der Waals surface area contributed by atoms with Crippen LogP contribution in [-0.2, 0) is 6.54 Å². The van der Waals surface area contributed by atoms with Crippen molar-refractivity contribution in [2.24, 2.45) is 23.7 Å². The molecule has 21 heavy (non-hydrogen) atoms. The fourth-order valence-corrected chi connectivity index (χ4v) is 4.03. The van der Waals surface area contributed by atoms with Gasteiger partial charge in [0.05, 0.1) is 6.61 Å². The number of benzene rings is 1. The number of hydrogen-bond acceptors (Lipinski definition) is 2. The Kier molecular flexibility index (Phi) is 4.84. The van der Waals surface area contributed by atoms with Crippen LogP contribution in [0.2, 0.25) is 0 Å². The molecule has 2 aliphatic rings. The van der Waals surface area contributed by atoms with Gasteiger partial charge in [-0.2, -0.15) is 0 Å². The van der Waals surface area contributed by atoms with E-state index in [1.165, 1.54) is 31.2 Å². The summed E-state index contributed by atoms with van der Waals surface area (Å²) in [6.07, 6.45) is 5.78. The lowest BCUT2D eigenvalue weighted by Gasteiger charge is -2.21. The molecule has 1 aromatic rings. The monoisotopic (exact) mass is 287 g/mol. The molecule has 0 heterocycles. The number of ether oxygens (including phenoxy) is 1. The van der Waals surface area contributed by atoms with E-state index in [0.29, 0.717) is 5.92 Å². The van der Waals surface area contributed by atoms with Crippen LogP contribution < -0.4 is 10.1 Å². The molecule has 0 saturated heterocycles. The van der Waals surface area contributed by atoms with Crippen molar-refractivity contribution in [3.63, 3.8) is 0 Å². The van der Waals surface area contributed by atoms with Crippen LogP contribution >= 0.6 is 0 Å². The van der Waals surface area contributed by atoms with Crippen molar-refractivity contribution in [2.75, 3.05) is 13.2 Å². The van der Waals surface area contributed by atoms with E-state index in [0.717, 1.165) is 43.2 Å². The van der Waals surface area contributed by atoms with Gasteiger partial charge in [-0.3, -0.25) is 0 Å². The Morgan fingerprint density at radius 3 is 2.86 bits per heavy atom. The first-order valence-corrected chi connectivity index (χ1v) is 8.63. The minimum Gasteiger partial charge on any atom is -0.493 e. The van der Waals surface area contributed by atoms with Gasteiger partial charge in [0.15, 0.2) is 0 Å². The zero-order valence-corrected chi connectivity index (χ0v) is 13.5. The smallest absolute Gasteiger partial charge is 0.119 e. The lowest BCUT2D eigenvalue weighted by Crippen LogP contribution is -2.19. The largest absolute Gasteiger partial charge is 0.493 e. The summed E-state index contributed by atoms with van der Waals surface area (Å²) in [5.41, 5.74) is 1.32. The second kappa shape index (κ2) is 6.83. The highest BCUT2D eigenvalue weighted by Crippen LogP contribution is 2.48. The summed E-state index contributed by atoms with van der Waals surface area (Å²) in [5.74, 6) is 4.51. The van der Waals surface area contributed by atoms with Crippen LogP contribution in [-0.4, -0.2) is 13.2 Å². The summed E-state index contributed by atoms with van der Waals surface area (Å²) in [5, 5.41) is 3.49. The quantitative estimate of drug-likeness (QED) is 0.809. The molecule has 2 bridgehead atoms. The van der Waals surface area contributed by atoms with E-state index in [1.54, 1.807) is 0 Å². The Hall–Kier alpha value is -1.02. The first kappa shape index (κ1) is 14.9. The van der Waals surface area contributed by atoms with Crippen LogP contribution in [0.25, 0.3) is 0 Å². The van der Waals surface area contributed by atoms with E-state index in [9.17, 15) is 0 Å². The first-order valence-electron chi connectivity index (χ1n) is 8.63. The van der Waals surface area contributed by atoms with Gasteiger partial charge in [-0.1, -0.05) is 32.4 Å². The predicted octanol–water partition coefficient (Wildman–Crippen LogP) is 4.25. The van der Waals surface area contributed by atoms with Gasteiger partial charge in [0, 0.05) is 6.54 Å². The maximum atomic E-state index is 6.08. The van der Waals surface area contributed by atoms with Crippen LogP contribution in [0.15, 0.2) is 24.3 Å². The molecule has 1 N–H and O–H groups in total. The van der Waals surface area contributed by atoms with Gasteiger partial charge >= 0.3 is 0 Å². The van der Waals surface area contributed by atoms with Gasteiger partial charge in [-0.05, 0) is 67.2 Å². The van der Waals surface area contributed by atoms with E-state index >= 15 is 0 Å². The molecule has 2 heteroatoms. The minimum atomic E-state index is 0.697. The third-order valence-electron chi connectivity index (χ3n) is 5.13. The molecule has 2 fully saturated rings. The van der Waals surface area contributed by atoms with Gasteiger partial charge in [0.1, 0.15) is 5.75 Å². The van der Waals surface area contributed by atoms with Crippen LogP contribution in [0.3, 0.4) is 0 Å². The van der Waals surface area contributed by atoms with Gasteiger partial charge < -0.3 is 10.1 Å². The Labute approximate surface area is 129 Å². The summed E-state index contributed by atoms with van der Waals surface area (Å²) in [4.78, 5) is 0. The van der Waals surface area contributed by atoms with Crippen molar-refractivity contribution in [3.05, 3.63) is 29.8 Å². The highest BCUT2D eigenvalue weighted by Gasteiger charge is 2.39. The summed E-state index contributed by atoms with van der Waals surface area (Å²) in [6.45, 7) is 7.40. The van der Waals surface area contributed by atoms with E-state index in [1.807, 2.05) is 0 Å².